The van der Waals surface area contributed by atoms with E-state index in [9.17, 15) is 4.79 Å². The highest BCUT2D eigenvalue weighted by atomic mass is 16.5. The molecule has 7 nitrogen and oxygen atoms in total. The Hall–Kier alpha value is -1.67. The summed E-state index contributed by atoms with van der Waals surface area (Å²) >= 11 is 0. The zero-order valence-corrected chi connectivity index (χ0v) is 14.2. The third-order valence-corrected chi connectivity index (χ3v) is 3.83. The first-order chi connectivity index (χ1) is 11.7. The number of nitrogens with two attached hydrogens (primary N) is 1. The molecular formula is C17H27N3O4. The van der Waals surface area contributed by atoms with Gasteiger partial charge in [-0.15, -0.1) is 0 Å². The lowest BCUT2D eigenvalue weighted by molar-refractivity contribution is -0.123. The summed E-state index contributed by atoms with van der Waals surface area (Å²) in [5, 5.41) is 2.80. The first-order valence-corrected chi connectivity index (χ1v) is 8.23. The van der Waals surface area contributed by atoms with Crippen LogP contribution < -0.4 is 15.8 Å². The summed E-state index contributed by atoms with van der Waals surface area (Å²) in [4.78, 5) is 14.1. The predicted molar refractivity (Wildman–Crippen MR) is 90.9 cm³/mol. The second-order valence-electron chi connectivity index (χ2n) is 5.73. The van der Waals surface area contributed by atoms with Crippen LogP contribution >= 0.6 is 0 Å². The quantitative estimate of drug-likeness (QED) is 0.659. The van der Waals surface area contributed by atoms with E-state index in [-0.39, 0.29) is 12.5 Å². The average molecular weight is 337 g/mol. The first-order valence-electron chi connectivity index (χ1n) is 8.23. The molecule has 0 aliphatic carbocycles. The van der Waals surface area contributed by atoms with Gasteiger partial charge in [0, 0.05) is 33.3 Å². The molecule has 0 spiro atoms. The highest BCUT2D eigenvalue weighted by Crippen LogP contribution is 2.13. The van der Waals surface area contributed by atoms with E-state index in [4.69, 9.17) is 19.9 Å². The van der Waals surface area contributed by atoms with Crippen LogP contribution in [0.3, 0.4) is 0 Å². The molecule has 0 aromatic heterocycles. The number of rotatable bonds is 9. The highest BCUT2D eigenvalue weighted by molar-refractivity contribution is 5.81. The number of carbonyl (C=O) groups is 1. The fraction of sp³-hybridized carbons (Fsp3) is 0.588. The van der Waals surface area contributed by atoms with Crippen molar-refractivity contribution in [1.82, 2.24) is 10.2 Å². The molecule has 1 heterocycles. The van der Waals surface area contributed by atoms with Gasteiger partial charge in [-0.05, 0) is 17.7 Å². The SMILES string of the molecule is COCC(N)C(=O)NCc1cccc(OCCN2CCOCC2)c1. The minimum atomic E-state index is -0.650. The van der Waals surface area contributed by atoms with Crippen molar-refractivity contribution in [2.45, 2.75) is 12.6 Å². The minimum absolute atomic E-state index is 0.205. The standard InChI is InChI=1S/C17H27N3O4/c1-22-13-16(18)17(21)19-12-14-3-2-4-15(11-14)24-10-7-20-5-8-23-9-6-20/h2-4,11,16H,5-10,12-13,18H2,1H3,(H,19,21). The number of amides is 1. The molecule has 1 aromatic carbocycles. The van der Waals surface area contributed by atoms with E-state index in [2.05, 4.69) is 10.2 Å². The molecule has 7 heteroatoms. The highest BCUT2D eigenvalue weighted by Gasteiger charge is 2.12. The molecule has 1 unspecified atom stereocenters. The van der Waals surface area contributed by atoms with Crippen LogP contribution in [0.25, 0.3) is 0 Å². The Labute approximate surface area is 143 Å². The van der Waals surface area contributed by atoms with Crippen molar-refractivity contribution in [2.24, 2.45) is 5.73 Å². The van der Waals surface area contributed by atoms with E-state index in [1.165, 1.54) is 7.11 Å². The van der Waals surface area contributed by atoms with Gasteiger partial charge in [-0.2, -0.15) is 0 Å². The summed E-state index contributed by atoms with van der Waals surface area (Å²) in [5.41, 5.74) is 6.65. The van der Waals surface area contributed by atoms with Crippen molar-refractivity contribution >= 4 is 5.91 Å². The summed E-state index contributed by atoms with van der Waals surface area (Å²) in [6.45, 7) is 5.63. The second-order valence-corrected chi connectivity index (χ2v) is 5.73. The van der Waals surface area contributed by atoms with Crippen LogP contribution in [0, 0.1) is 0 Å². The van der Waals surface area contributed by atoms with E-state index in [1.807, 2.05) is 24.3 Å². The van der Waals surface area contributed by atoms with Crippen molar-refractivity contribution < 1.29 is 19.0 Å². The Kier molecular flexibility index (Phi) is 7.97. The lowest BCUT2D eigenvalue weighted by Gasteiger charge is -2.26. The van der Waals surface area contributed by atoms with Gasteiger partial charge in [0.25, 0.3) is 0 Å². The minimum Gasteiger partial charge on any atom is -0.492 e. The molecule has 1 aliphatic heterocycles. The van der Waals surface area contributed by atoms with E-state index in [0.717, 1.165) is 44.2 Å². The normalized spacial score (nSPS) is 16.6. The smallest absolute Gasteiger partial charge is 0.239 e. The van der Waals surface area contributed by atoms with Gasteiger partial charge in [-0.25, -0.2) is 0 Å². The lowest BCUT2D eigenvalue weighted by Crippen LogP contribution is -2.43. The van der Waals surface area contributed by atoms with E-state index < -0.39 is 6.04 Å². The van der Waals surface area contributed by atoms with Crippen LogP contribution in [0.5, 0.6) is 5.75 Å². The molecule has 1 aliphatic rings. The van der Waals surface area contributed by atoms with Gasteiger partial charge in [0.2, 0.25) is 5.91 Å². The monoisotopic (exact) mass is 337 g/mol. The van der Waals surface area contributed by atoms with E-state index in [1.54, 1.807) is 0 Å². The molecule has 134 valence electrons. The van der Waals surface area contributed by atoms with Gasteiger partial charge in [-0.3, -0.25) is 9.69 Å². The first kappa shape index (κ1) is 18.7. The van der Waals surface area contributed by atoms with Crippen LogP contribution in [-0.4, -0.2) is 70.0 Å². The molecule has 0 saturated carbocycles. The number of benzene rings is 1. The van der Waals surface area contributed by atoms with Crippen LogP contribution in [0.15, 0.2) is 24.3 Å². The number of nitrogens with one attached hydrogen (secondary N) is 1. The van der Waals surface area contributed by atoms with Gasteiger partial charge >= 0.3 is 0 Å². The molecule has 3 N–H and O–H groups in total. The van der Waals surface area contributed by atoms with E-state index >= 15 is 0 Å². The zero-order valence-electron chi connectivity index (χ0n) is 14.2. The van der Waals surface area contributed by atoms with Crippen molar-refractivity contribution in [3.63, 3.8) is 0 Å². The van der Waals surface area contributed by atoms with Crippen LogP contribution in [-0.2, 0) is 20.8 Å². The Morgan fingerprint density at radius 2 is 2.21 bits per heavy atom. The third-order valence-electron chi connectivity index (χ3n) is 3.83. The van der Waals surface area contributed by atoms with Crippen molar-refractivity contribution in [3.05, 3.63) is 29.8 Å². The molecule has 0 radical (unpaired) electrons. The Balaban J connectivity index is 1.73. The Bertz CT molecular complexity index is 506. The third kappa shape index (κ3) is 6.45. The molecular weight excluding hydrogens is 310 g/mol. The second kappa shape index (κ2) is 10.2. The van der Waals surface area contributed by atoms with Gasteiger partial charge in [0.05, 0.1) is 19.8 Å². The molecule has 1 amide bonds. The molecule has 1 fully saturated rings. The van der Waals surface area contributed by atoms with Gasteiger partial charge in [0.15, 0.2) is 0 Å². The van der Waals surface area contributed by atoms with E-state index in [0.29, 0.717) is 13.2 Å². The fourth-order valence-electron chi connectivity index (χ4n) is 2.44. The number of hydrogen-bond donors (Lipinski definition) is 2. The summed E-state index contributed by atoms with van der Waals surface area (Å²) < 4.78 is 16.0. The maximum atomic E-state index is 11.8. The predicted octanol–water partition coefficient (Wildman–Crippen LogP) is -0.0125. The lowest BCUT2D eigenvalue weighted by atomic mass is 10.2. The molecule has 2 rings (SSSR count). The number of nitrogens with zero attached hydrogens (tertiary/aromatic N) is 1. The molecule has 1 atom stereocenters. The zero-order chi connectivity index (χ0) is 17.2. The Morgan fingerprint density at radius 1 is 1.42 bits per heavy atom. The summed E-state index contributed by atoms with van der Waals surface area (Å²) in [6, 6.07) is 7.06. The molecule has 24 heavy (non-hydrogen) atoms. The molecule has 1 saturated heterocycles. The van der Waals surface area contributed by atoms with Gasteiger partial charge in [0.1, 0.15) is 18.4 Å². The number of methoxy groups -OCH3 is 1. The maximum Gasteiger partial charge on any atom is 0.239 e. The van der Waals surface area contributed by atoms with Gasteiger partial charge in [-0.1, -0.05) is 12.1 Å². The summed E-state index contributed by atoms with van der Waals surface area (Å²) in [6.07, 6.45) is 0. The van der Waals surface area contributed by atoms with Crippen LogP contribution in [0.4, 0.5) is 0 Å². The molecule has 1 aromatic rings. The Morgan fingerprint density at radius 3 is 2.96 bits per heavy atom. The molecule has 0 bridgehead atoms. The number of ether oxygens (including phenoxy) is 3. The fourth-order valence-corrected chi connectivity index (χ4v) is 2.44. The summed E-state index contributed by atoms with van der Waals surface area (Å²) in [5.74, 6) is 0.576. The van der Waals surface area contributed by atoms with Crippen molar-refractivity contribution in [3.8, 4) is 5.75 Å². The number of morpholine rings is 1. The largest absolute Gasteiger partial charge is 0.492 e. The van der Waals surface area contributed by atoms with Crippen LogP contribution in [0.1, 0.15) is 5.56 Å². The van der Waals surface area contributed by atoms with Crippen molar-refractivity contribution in [1.29, 1.82) is 0 Å². The summed E-state index contributed by atoms with van der Waals surface area (Å²) in [7, 11) is 1.52. The maximum absolute atomic E-state index is 11.8. The van der Waals surface area contributed by atoms with Crippen molar-refractivity contribution in [2.75, 3.05) is 53.2 Å². The van der Waals surface area contributed by atoms with Gasteiger partial charge < -0.3 is 25.3 Å². The average Bonchev–Trinajstić information content (AvgIpc) is 2.61. The number of carbonyl (C=O) groups excluding carboxylic acids is 1. The topological polar surface area (TPSA) is 86.0 Å². The number of hydrogen-bond acceptors (Lipinski definition) is 6. The van der Waals surface area contributed by atoms with Crippen LogP contribution in [0.2, 0.25) is 0 Å².